The molecule has 150 valence electrons. The van der Waals surface area contributed by atoms with Crippen LogP contribution in [0.4, 0.5) is 5.13 Å². The van der Waals surface area contributed by atoms with E-state index < -0.39 is 12.2 Å². The first-order valence-corrected chi connectivity index (χ1v) is 9.93. The summed E-state index contributed by atoms with van der Waals surface area (Å²) in [6.07, 6.45) is -0.642. The molecule has 1 atom stereocenters. The van der Waals surface area contributed by atoms with Crippen LogP contribution in [0.15, 0.2) is 41.8 Å². The molecule has 8 heteroatoms. The lowest BCUT2D eigenvalue weighted by atomic mass is 10.1. The van der Waals surface area contributed by atoms with Crippen LogP contribution < -0.4 is 19.5 Å². The molecule has 29 heavy (non-hydrogen) atoms. The van der Waals surface area contributed by atoms with Crippen LogP contribution in [0.3, 0.4) is 0 Å². The highest BCUT2D eigenvalue weighted by Gasteiger charge is 2.36. The predicted octanol–water partition coefficient (Wildman–Crippen LogP) is 4.51. The van der Waals surface area contributed by atoms with Crippen molar-refractivity contribution in [3.8, 4) is 28.5 Å². The molecule has 2 aromatic carbocycles. The van der Waals surface area contributed by atoms with Crippen LogP contribution in [-0.2, 0) is 4.74 Å². The third kappa shape index (κ3) is 3.58. The molecule has 4 rings (SSSR count). The smallest absolute Gasteiger partial charge is 0.344 e. The van der Waals surface area contributed by atoms with Crippen molar-refractivity contribution >= 4 is 22.4 Å². The van der Waals surface area contributed by atoms with E-state index >= 15 is 0 Å². The lowest BCUT2D eigenvalue weighted by Crippen LogP contribution is -2.10. The summed E-state index contributed by atoms with van der Waals surface area (Å²) in [6, 6.07) is 11.3. The van der Waals surface area contributed by atoms with Gasteiger partial charge in [-0.05, 0) is 43.3 Å². The number of hydrogen-bond acceptors (Lipinski definition) is 8. The molecule has 0 radical (unpaired) electrons. The van der Waals surface area contributed by atoms with Gasteiger partial charge < -0.3 is 24.3 Å². The molecule has 2 heterocycles. The molecule has 1 aromatic heterocycles. The fraction of sp³-hybridized carbons (Fsp3) is 0.238. The molecule has 0 fully saturated rings. The zero-order valence-electron chi connectivity index (χ0n) is 16.2. The van der Waals surface area contributed by atoms with Crippen molar-refractivity contribution in [1.82, 2.24) is 4.98 Å². The number of anilines is 1. The number of thiazole rings is 1. The van der Waals surface area contributed by atoms with E-state index in [1.54, 1.807) is 12.1 Å². The average Bonchev–Trinajstić information content (AvgIpc) is 3.33. The Balaban J connectivity index is 1.55. The number of methoxy groups -OCH3 is 2. The van der Waals surface area contributed by atoms with Gasteiger partial charge in [-0.1, -0.05) is 0 Å². The summed E-state index contributed by atoms with van der Waals surface area (Å²) in [7, 11) is 3.02. The minimum absolute atomic E-state index is 0.368. The standard InChI is InChI=1S/C21H20N2O5S/c1-4-27-13-7-5-12(6-8-13)15-11-29-21(22-15)23-19-14-9-10-16(25-2)18(26-3)17(14)20(24)28-19/h5-11,19H,4H2,1-3H3,(H,22,23). The van der Waals surface area contributed by atoms with Crippen molar-refractivity contribution in [3.05, 3.63) is 52.9 Å². The van der Waals surface area contributed by atoms with Crippen LogP contribution in [-0.4, -0.2) is 31.8 Å². The maximum absolute atomic E-state index is 12.4. The summed E-state index contributed by atoms with van der Waals surface area (Å²) >= 11 is 1.44. The lowest BCUT2D eigenvalue weighted by molar-refractivity contribution is 0.0435. The number of rotatable bonds is 7. The Morgan fingerprint density at radius 3 is 2.62 bits per heavy atom. The van der Waals surface area contributed by atoms with Gasteiger partial charge in [-0.15, -0.1) is 11.3 Å². The van der Waals surface area contributed by atoms with Gasteiger partial charge in [0.15, 0.2) is 16.6 Å². The normalized spacial score (nSPS) is 14.9. The minimum atomic E-state index is -0.642. The van der Waals surface area contributed by atoms with Crippen LogP contribution in [0.1, 0.15) is 29.1 Å². The van der Waals surface area contributed by atoms with E-state index in [0.29, 0.717) is 34.4 Å². The van der Waals surface area contributed by atoms with E-state index in [1.165, 1.54) is 25.6 Å². The molecule has 1 aliphatic rings. The van der Waals surface area contributed by atoms with Gasteiger partial charge in [-0.25, -0.2) is 9.78 Å². The van der Waals surface area contributed by atoms with Gasteiger partial charge in [0, 0.05) is 16.5 Å². The summed E-state index contributed by atoms with van der Waals surface area (Å²) in [5.74, 6) is 1.21. The van der Waals surface area contributed by atoms with E-state index in [0.717, 1.165) is 17.0 Å². The van der Waals surface area contributed by atoms with Crippen LogP contribution in [0, 0.1) is 0 Å². The highest BCUT2D eigenvalue weighted by molar-refractivity contribution is 7.14. The summed E-state index contributed by atoms with van der Waals surface area (Å²) < 4.78 is 21.6. The van der Waals surface area contributed by atoms with E-state index in [4.69, 9.17) is 18.9 Å². The second kappa shape index (κ2) is 8.00. The molecule has 0 saturated heterocycles. The lowest BCUT2D eigenvalue weighted by Gasteiger charge is -2.13. The van der Waals surface area contributed by atoms with Crippen LogP contribution in [0.5, 0.6) is 17.2 Å². The zero-order valence-corrected chi connectivity index (χ0v) is 17.0. The number of esters is 1. The molecule has 0 amide bonds. The predicted molar refractivity (Wildman–Crippen MR) is 110 cm³/mol. The molecule has 7 nitrogen and oxygen atoms in total. The Kier molecular flexibility index (Phi) is 5.26. The van der Waals surface area contributed by atoms with Crippen LogP contribution in [0.2, 0.25) is 0 Å². The molecule has 0 spiro atoms. The van der Waals surface area contributed by atoms with E-state index in [-0.39, 0.29) is 0 Å². The first-order valence-electron chi connectivity index (χ1n) is 9.05. The molecule has 1 N–H and O–H groups in total. The number of nitrogens with zero attached hydrogens (tertiary/aromatic N) is 1. The SMILES string of the molecule is CCOc1ccc(-c2csc(NC3OC(=O)c4c3ccc(OC)c4OC)n2)cc1. The Labute approximate surface area is 172 Å². The number of benzene rings is 2. The van der Waals surface area contributed by atoms with Gasteiger partial charge in [0.25, 0.3) is 0 Å². The summed E-state index contributed by atoms with van der Waals surface area (Å²) in [5, 5.41) is 5.78. The molecular weight excluding hydrogens is 392 g/mol. The number of nitrogens with one attached hydrogen (secondary N) is 1. The van der Waals surface area contributed by atoms with Crippen molar-refractivity contribution in [2.75, 3.05) is 26.1 Å². The highest BCUT2D eigenvalue weighted by atomic mass is 32.1. The summed E-state index contributed by atoms with van der Waals surface area (Å²) in [5.41, 5.74) is 2.86. The molecule has 0 bridgehead atoms. The Hall–Kier alpha value is -3.26. The van der Waals surface area contributed by atoms with Gasteiger partial charge in [0.1, 0.15) is 11.3 Å². The largest absolute Gasteiger partial charge is 0.494 e. The maximum atomic E-state index is 12.4. The van der Waals surface area contributed by atoms with Crippen molar-refractivity contribution < 1.29 is 23.7 Å². The van der Waals surface area contributed by atoms with Gasteiger partial charge in [0.05, 0.1) is 26.5 Å². The Morgan fingerprint density at radius 2 is 1.93 bits per heavy atom. The average molecular weight is 412 g/mol. The molecule has 1 unspecified atom stereocenters. The monoisotopic (exact) mass is 412 g/mol. The highest BCUT2D eigenvalue weighted by Crippen LogP contribution is 2.42. The van der Waals surface area contributed by atoms with E-state index in [9.17, 15) is 4.79 Å². The quantitative estimate of drug-likeness (QED) is 0.572. The van der Waals surface area contributed by atoms with Crippen molar-refractivity contribution in [2.24, 2.45) is 0 Å². The molecule has 0 saturated carbocycles. The summed E-state index contributed by atoms with van der Waals surface area (Å²) in [4.78, 5) is 17.0. The van der Waals surface area contributed by atoms with Gasteiger partial charge in [-0.3, -0.25) is 0 Å². The first-order chi connectivity index (χ1) is 14.1. The van der Waals surface area contributed by atoms with Crippen molar-refractivity contribution in [1.29, 1.82) is 0 Å². The maximum Gasteiger partial charge on any atom is 0.344 e. The van der Waals surface area contributed by atoms with Gasteiger partial charge >= 0.3 is 5.97 Å². The van der Waals surface area contributed by atoms with Crippen molar-refractivity contribution in [3.63, 3.8) is 0 Å². The molecule has 0 aliphatic carbocycles. The number of cyclic esters (lactones) is 1. The van der Waals surface area contributed by atoms with Crippen LogP contribution >= 0.6 is 11.3 Å². The third-order valence-electron chi connectivity index (χ3n) is 4.51. The zero-order chi connectivity index (χ0) is 20.4. The molecule has 1 aliphatic heterocycles. The summed E-state index contributed by atoms with van der Waals surface area (Å²) in [6.45, 7) is 2.58. The van der Waals surface area contributed by atoms with E-state index in [1.807, 2.05) is 36.6 Å². The second-order valence-electron chi connectivity index (χ2n) is 6.19. The number of fused-ring (bicyclic) bond motifs is 1. The molecular formula is C21H20N2O5S. The topological polar surface area (TPSA) is 78.9 Å². The molecule has 3 aromatic rings. The number of hydrogen-bond donors (Lipinski definition) is 1. The minimum Gasteiger partial charge on any atom is -0.494 e. The number of carbonyl (C=O) groups excluding carboxylic acids is 1. The number of carbonyl (C=O) groups is 1. The van der Waals surface area contributed by atoms with E-state index in [2.05, 4.69) is 10.3 Å². The Morgan fingerprint density at radius 1 is 1.14 bits per heavy atom. The third-order valence-corrected chi connectivity index (χ3v) is 5.28. The number of ether oxygens (including phenoxy) is 4. The number of aromatic nitrogens is 1. The fourth-order valence-corrected chi connectivity index (χ4v) is 3.92. The van der Waals surface area contributed by atoms with Crippen LogP contribution in [0.25, 0.3) is 11.3 Å². The van der Waals surface area contributed by atoms with Gasteiger partial charge in [-0.2, -0.15) is 0 Å². The second-order valence-corrected chi connectivity index (χ2v) is 7.05. The van der Waals surface area contributed by atoms with Crippen molar-refractivity contribution in [2.45, 2.75) is 13.2 Å². The Bertz CT molecular complexity index is 1030. The fourth-order valence-electron chi connectivity index (χ4n) is 3.18. The first kappa shape index (κ1) is 19.1. The van der Waals surface area contributed by atoms with Gasteiger partial charge in [0.2, 0.25) is 6.23 Å².